The van der Waals surface area contributed by atoms with Gasteiger partial charge in [-0.05, 0) is 37.3 Å². The van der Waals surface area contributed by atoms with Crippen molar-refractivity contribution in [2.45, 2.75) is 11.8 Å². The number of carbonyl (C=O) groups is 1. The van der Waals surface area contributed by atoms with Crippen LogP contribution in [-0.4, -0.2) is 28.6 Å². The van der Waals surface area contributed by atoms with E-state index >= 15 is 0 Å². The number of esters is 1. The third-order valence-corrected chi connectivity index (χ3v) is 4.58. The molecule has 2 rings (SSSR count). The van der Waals surface area contributed by atoms with E-state index in [0.717, 1.165) is 5.56 Å². The Kier molecular flexibility index (Phi) is 4.90. The highest BCUT2D eigenvalue weighted by atomic mass is 32.2. The zero-order valence-electron chi connectivity index (χ0n) is 13.0. The highest BCUT2D eigenvalue weighted by Gasteiger charge is 2.17. The number of benzene rings is 2. The van der Waals surface area contributed by atoms with Crippen LogP contribution in [0.25, 0.3) is 0 Å². The Bertz CT molecular complexity index is 813. The van der Waals surface area contributed by atoms with E-state index in [0.29, 0.717) is 0 Å². The SMILES string of the molecule is COC(=O)c1ccc(NS(=O)(=O)c2ccc(C)cc2)c(OC)c1. The normalized spacial score (nSPS) is 10.9. The molecule has 0 amide bonds. The Morgan fingerprint density at radius 3 is 2.26 bits per heavy atom. The first-order valence-corrected chi connectivity index (χ1v) is 8.21. The number of sulfonamides is 1. The van der Waals surface area contributed by atoms with E-state index in [4.69, 9.17) is 4.74 Å². The lowest BCUT2D eigenvalue weighted by Crippen LogP contribution is -2.14. The summed E-state index contributed by atoms with van der Waals surface area (Å²) in [7, 11) is -1.09. The molecule has 0 heterocycles. The first kappa shape index (κ1) is 16.8. The third-order valence-electron chi connectivity index (χ3n) is 3.20. The largest absolute Gasteiger partial charge is 0.495 e. The molecule has 2 aromatic carbocycles. The van der Waals surface area contributed by atoms with E-state index < -0.39 is 16.0 Å². The lowest BCUT2D eigenvalue weighted by molar-refractivity contribution is 0.0600. The van der Waals surface area contributed by atoms with Crippen molar-refractivity contribution in [1.82, 2.24) is 0 Å². The van der Waals surface area contributed by atoms with Crippen molar-refractivity contribution in [2.24, 2.45) is 0 Å². The molecule has 2 aromatic rings. The monoisotopic (exact) mass is 335 g/mol. The molecule has 0 saturated heterocycles. The van der Waals surface area contributed by atoms with Gasteiger partial charge >= 0.3 is 5.97 Å². The van der Waals surface area contributed by atoms with E-state index in [9.17, 15) is 13.2 Å². The molecular weight excluding hydrogens is 318 g/mol. The minimum atomic E-state index is -3.75. The highest BCUT2D eigenvalue weighted by Crippen LogP contribution is 2.28. The molecule has 0 aliphatic heterocycles. The highest BCUT2D eigenvalue weighted by molar-refractivity contribution is 7.92. The Morgan fingerprint density at radius 2 is 1.70 bits per heavy atom. The number of hydrogen-bond acceptors (Lipinski definition) is 5. The number of carbonyl (C=O) groups excluding carboxylic acids is 1. The zero-order valence-corrected chi connectivity index (χ0v) is 13.8. The lowest BCUT2D eigenvalue weighted by atomic mass is 10.2. The molecule has 0 spiro atoms. The number of methoxy groups -OCH3 is 2. The molecule has 23 heavy (non-hydrogen) atoms. The smallest absolute Gasteiger partial charge is 0.337 e. The second-order valence-corrected chi connectivity index (χ2v) is 6.51. The van der Waals surface area contributed by atoms with Crippen LogP contribution in [0.2, 0.25) is 0 Å². The van der Waals surface area contributed by atoms with Gasteiger partial charge in [0.25, 0.3) is 10.0 Å². The van der Waals surface area contributed by atoms with Gasteiger partial charge in [0.1, 0.15) is 5.75 Å². The third kappa shape index (κ3) is 3.81. The Morgan fingerprint density at radius 1 is 1.04 bits per heavy atom. The summed E-state index contributed by atoms with van der Waals surface area (Å²) < 4.78 is 37.0. The first-order valence-electron chi connectivity index (χ1n) is 6.73. The van der Waals surface area contributed by atoms with Gasteiger partial charge in [0.05, 0.1) is 30.4 Å². The van der Waals surface area contributed by atoms with E-state index in [1.54, 1.807) is 12.1 Å². The topological polar surface area (TPSA) is 81.7 Å². The summed E-state index contributed by atoms with van der Waals surface area (Å²) in [5.41, 5.74) is 1.47. The number of nitrogens with one attached hydrogen (secondary N) is 1. The van der Waals surface area contributed by atoms with Crippen molar-refractivity contribution in [2.75, 3.05) is 18.9 Å². The molecule has 0 bridgehead atoms. The Labute approximate surface area is 135 Å². The molecule has 0 atom stereocenters. The standard InChI is InChI=1S/C16H17NO5S/c1-11-4-7-13(8-5-11)23(19,20)17-14-9-6-12(16(18)22-3)10-15(14)21-2/h4-10,17H,1-3H3. The van der Waals surface area contributed by atoms with Gasteiger partial charge in [-0.15, -0.1) is 0 Å². The predicted molar refractivity (Wildman–Crippen MR) is 86.3 cm³/mol. The molecule has 0 unspecified atom stereocenters. The fourth-order valence-corrected chi connectivity index (χ4v) is 3.01. The molecule has 0 radical (unpaired) electrons. The summed E-state index contributed by atoms with van der Waals surface area (Å²) in [6, 6.07) is 10.8. The van der Waals surface area contributed by atoms with E-state index in [1.807, 2.05) is 6.92 Å². The summed E-state index contributed by atoms with van der Waals surface area (Å²) in [4.78, 5) is 11.7. The van der Waals surface area contributed by atoms with Crippen molar-refractivity contribution in [3.8, 4) is 5.75 Å². The number of aryl methyl sites for hydroxylation is 1. The van der Waals surface area contributed by atoms with Gasteiger partial charge in [-0.1, -0.05) is 17.7 Å². The fourth-order valence-electron chi connectivity index (χ4n) is 1.94. The van der Waals surface area contributed by atoms with Crippen LogP contribution in [0.5, 0.6) is 5.75 Å². The summed E-state index contributed by atoms with van der Waals surface area (Å²) in [5.74, 6) is -0.306. The molecule has 0 saturated carbocycles. The van der Waals surface area contributed by atoms with Crippen molar-refractivity contribution in [1.29, 1.82) is 0 Å². The molecule has 0 aliphatic carbocycles. The van der Waals surface area contributed by atoms with Crippen LogP contribution in [-0.2, 0) is 14.8 Å². The van der Waals surface area contributed by atoms with E-state index in [-0.39, 0.29) is 21.9 Å². The van der Waals surface area contributed by atoms with Crippen LogP contribution in [0.4, 0.5) is 5.69 Å². The first-order chi connectivity index (χ1) is 10.9. The quantitative estimate of drug-likeness (QED) is 0.849. The maximum atomic E-state index is 12.4. The number of anilines is 1. The molecule has 122 valence electrons. The second kappa shape index (κ2) is 6.70. The zero-order chi connectivity index (χ0) is 17.0. The van der Waals surface area contributed by atoms with Gasteiger partial charge in [0.2, 0.25) is 0 Å². The van der Waals surface area contributed by atoms with Crippen molar-refractivity contribution >= 4 is 21.7 Å². The van der Waals surface area contributed by atoms with Crippen LogP contribution < -0.4 is 9.46 Å². The van der Waals surface area contributed by atoms with Gasteiger partial charge in [0.15, 0.2) is 0 Å². The van der Waals surface area contributed by atoms with Crippen LogP contribution in [0, 0.1) is 6.92 Å². The summed E-state index contributed by atoms with van der Waals surface area (Å²) in [6.45, 7) is 1.87. The average Bonchev–Trinajstić information content (AvgIpc) is 2.54. The van der Waals surface area contributed by atoms with Crippen molar-refractivity contribution in [3.63, 3.8) is 0 Å². The van der Waals surface area contributed by atoms with Crippen LogP contribution in [0.1, 0.15) is 15.9 Å². The van der Waals surface area contributed by atoms with Crippen molar-refractivity contribution < 1.29 is 22.7 Å². The van der Waals surface area contributed by atoms with Crippen molar-refractivity contribution in [3.05, 3.63) is 53.6 Å². The maximum Gasteiger partial charge on any atom is 0.337 e. The van der Waals surface area contributed by atoms with Gasteiger partial charge < -0.3 is 9.47 Å². The molecule has 7 heteroatoms. The minimum Gasteiger partial charge on any atom is -0.495 e. The van der Waals surface area contributed by atoms with Gasteiger partial charge in [-0.25, -0.2) is 13.2 Å². The Hall–Kier alpha value is -2.54. The van der Waals surface area contributed by atoms with Crippen LogP contribution in [0.3, 0.4) is 0 Å². The average molecular weight is 335 g/mol. The number of ether oxygens (including phenoxy) is 2. The minimum absolute atomic E-state index is 0.141. The molecule has 0 aromatic heterocycles. The van der Waals surface area contributed by atoms with Gasteiger partial charge in [-0.3, -0.25) is 4.72 Å². The van der Waals surface area contributed by atoms with E-state index in [2.05, 4.69) is 9.46 Å². The van der Waals surface area contributed by atoms with Crippen LogP contribution >= 0.6 is 0 Å². The van der Waals surface area contributed by atoms with Gasteiger partial charge in [0, 0.05) is 0 Å². The molecular formula is C16H17NO5S. The second-order valence-electron chi connectivity index (χ2n) is 4.83. The Balaban J connectivity index is 2.35. The maximum absolute atomic E-state index is 12.4. The predicted octanol–water partition coefficient (Wildman–Crippen LogP) is 2.59. The lowest BCUT2D eigenvalue weighted by Gasteiger charge is -2.13. The summed E-state index contributed by atoms with van der Waals surface area (Å²) in [6.07, 6.45) is 0. The molecule has 1 N–H and O–H groups in total. The van der Waals surface area contributed by atoms with Gasteiger partial charge in [-0.2, -0.15) is 0 Å². The van der Waals surface area contributed by atoms with E-state index in [1.165, 1.54) is 44.6 Å². The fraction of sp³-hybridized carbons (Fsp3) is 0.188. The summed E-state index contributed by atoms with van der Waals surface area (Å²) >= 11 is 0. The molecule has 6 nitrogen and oxygen atoms in total. The molecule has 0 aliphatic rings. The molecule has 0 fully saturated rings. The summed E-state index contributed by atoms with van der Waals surface area (Å²) in [5, 5.41) is 0. The number of hydrogen-bond donors (Lipinski definition) is 1. The number of rotatable bonds is 5. The van der Waals surface area contributed by atoms with Crippen LogP contribution in [0.15, 0.2) is 47.4 Å².